The number of carbonyl (C=O) groups excluding carboxylic acids is 1. The van der Waals surface area contributed by atoms with Crippen LogP contribution in [0.2, 0.25) is 0 Å². The SMILES string of the molecule is CCNC(C)CC(=O)Nc1ccc(Br)cc1C(=O)O. The van der Waals surface area contributed by atoms with E-state index >= 15 is 0 Å². The second-order valence-corrected chi connectivity index (χ2v) is 5.12. The molecule has 0 aliphatic carbocycles. The van der Waals surface area contributed by atoms with E-state index in [9.17, 15) is 9.59 Å². The van der Waals surface area contributed by atoms with Gasteiger partial charge in [0.1, 0.15) is 0 Å². The molecule has 3 N–H and O–H groups in total. The summed E-state index contributed by atoms with van der Waals surface area (Å²) in [6, 6.07) is 4.78. The molecule has 0 spiro atoms. The molecule has 104 valence electrons. The van der Waals surface area contributed by atoms with Gasteiger partial charge < -0.3 is 15.7 Å². The highest BCUT2D eigenvalue weighted by Crippen LogP contribution is 2.21. The lowest BCUT2D eigenvalue weighted by Crippen LogP contribution is -2.30. The Hall–Kier alpha value is -1.40. The van der Waals surface area contributed by atoms with Gasteiger partial charge in [-0.2, -0.15) is 0 Å². The first-order chi connectivity index (χ1) is 8.93. The van der Waals surface area contributed by atoms with Crippen LogP contribution >= 0.6 is 15.9 Å². The third-order valence-corrected chi connectivity index (χ3v) is 3.02. The summed E-state index contributed by atoms with van der Waals surface area (Å²) in [5, 5.41) is 14.8. The third-order valence-electron chi connectivity index (χ3n) is 2.53. The third kappa shape index (κ3) is 5.00. The summed E-state index contributed by atoms with van der Waals surface area (Å²) < 4.78 is 0.656. The second kappa shape index (κ2) is 7.25. The number of anilines is 1. The number of amides is 1. The number of hydrogen-bond acceptors (Lipinski definition) is 3. The van der Waals surface area contributed by atoms with Crippen molar-refractivity contribution in [2.24, 2.45) is 0 Å². The predicted octanol–water partition coefficient (Wildman–Crippen LogP) is 2.47. The van der Waals surface area contributed by atoms with Crippen molar-refractivity contribution >= 4 is 33.5 Å². The Balaban J connectivity index is 2.76. The summed E-state index contributed by atoms with van der Waals surface area (Å²) in [5.74, 6) is -1.28. The fraction of sp³-hybridized carbons (Fsp3) is 0.385. The molecule has 0 bridgehead atoms. The van der Waals surface area contributed by atoms with Crippen molar-refractivity contribution in [2.45, 2.75) is 26.3 Å². The first-order valence-electron chi connectivity index (χ1n) is 6.00. The van der Waals surface area contributed by atoms with E-state index in [2.05, 4.69) is 26.6 Å². The lowest BCUT2D eigenvalue weighted by atomic mass is 10.1. The van der Waals surface area contributed by atoms with Crippen LogP contribution in [-0.2, 0) is 4.79 Å². The Bertz CT molecular complexity index is 477. The number of benzene rings is 1. The van der Waals surface area contributed by atoms with Crippen molar-refractivity contribution in [1.82, 2.24) is 5.32 Å². The van der Waals surface area contributed by atoms with Crippen LogP contribution in [0.3, 0.4) is 0 Å². The van der Waals surface area contributed by atoms with Crippen LogP contribution in [0, 0.1) is 0 Å². The normalized spacial score (nSPS) is 11.9. The molecule has 1 aromatic rings. The summed E-state index contributed by atoms with van der Waals surface area (Å²) in [7, 11) is 0. The molecule has 1 unspecified atom stereocenters. The van der Waals surface area contributed by atoms with Gasteiger partial charge in [0, 0.05) is 16.9 Å². The van der Waals surface area contributed by atoms with Crippen LogP contribution in [-0.4, -0.2) is 29.6 Å². The zero-order chi connectivity index (χ0) is 14.4. The molecule has 5 nitrogen and oxygen atoms in total. The van der Waals surface area contributed by atoms with Crippen molar-refractivity contribution in [1.29, 1.82) is 0 Å². The Kier molecular flexibility index (Phi) is 5.98. The van der Waals surface area contributed by atoms with E-state index in [1.165, 1.54) is 6.07 Å². The summed E-state index contributed by atoms with van der Waals surface area (Å²) in [4.78, 5) is 22.9. The molecule has 0 aliphatic heterocycles. The van der Waals surface area contributed by atoms with Crippen molar-refractivity contribution in [3.63, 3.8) is 0 Å². The molecule has 0 saturated heterocycles. The quantitative estimate of drug-likeness (QED) is 0.749. The first-order valence-corrected chi connectivity index (χ1v) is 6.79. The average Bonchev–Trinajstić information content (AvgIpc) is 2.31. The fourth-order valence-electron chi connectivity index (χ4n) is 1.70. The van der Waals surface area contributed by atoms with Gasteiger partial charge in [-0.15, -0.1) is 0 Å². The maximum atomic E-state index is 11.8. The summed E-state index contributed by atoms with van der Waals surface area (Å²) in [6.07, 6.45) is 0.295. The number of hydrogen-bond donors (Lipinski definition) is 3. The van der Waals surface area contributed by atoms with Gasteiger partial charge in [-0.3, -0.25) is 4.79 Å². The molecule has 1 aromatic carbocycles. The minimum absolute atomic E-state index is 0.0497. The van der Waals surface area contributed by atoms with Gasteiger partial charge in [-0.1, -0.05) is 22.9 Å². The van der Waals surface area contributed by atoms with Crippen LogP contribution in [0.4, 0.5) is 5.69 Å². The van der Waals surface area contributed by atoms with Gasteiger partial charge in [0.25, 0.3) is 0 Å². The van der Waals surface area contributed by atoms with Gasteiger partial charge in [-0.05, 0) is 31.7 Å². The largest absolute Gasteiger partial charge is 0.478 e. The molecular formula is C13H17BrN2O3. The predicted molar refractivity (Wildman–Crippen MR) is 77.5 cm³/mol. The standard InChI is InChI=1S/C13H17BrN2O3/c1-3-15-8(2)6-12(17)16-11-5-4-9(14)7-10(11)13(18)19/h4-5,7-8,15H,3,6H2,1-2H3,(H,16,17)(H,18,19). The van der Waals surface area contributed by atoms with Crippen LogP contribution in [0.5, 0.6) is 0 Å². The molecule has 1 amide bonds. The molecule has 0 aliphatic rings. The topological polar surface area (TPSA) is 78.4 Å². The molecule has 19 heavy (non-hydrogen) atoms. The smallest absolute Gasteiger partial charge is 0.337 e. The Morgan fingerprint density at radius 1 is 1.42 bits per heavy atom. The number of halogens is 1. The molecule has 0 fully saturated rings. The lowest BCUT2D eigenvalue weighted by Gasteiger charge is -2.13. The van der Waals surface area contributed by atoms with Crippen LogP contribution in [0.25, 0.3) is 0 Å². The number of carboxylic acids is 1. The maximum Gasteiger partial charge on any atom is 0.337 e. The van der Waals surface area contributed by atoms with Gasteiger partial charge >= 0.3 is 5.97 Å². The number of nitrogens with one attached hydrogen (secondary N) is 2. The molecular weight excluding hydrogens is 312 g/mol. The van der Waals surface area contributed by atoms with E-state index in [4.69, 9.17) is 5.11 Å². The van der Waals surface area contributed by atoms with Crippen LogP contribution < -0.4 is 10.6 Å². The van der Waals surface area contributed by atoms with Gasteiger partial charge in [0.05, 0.1) is 11.3 Å². The van der Waals surface area contributed by atoms with Gasteiger partial charge in [0.15, 0.2) is 0 Å². The zero-order valence-electron chi connectivity index (χ0n) is 10.9. The summed E-state index contributed by atoms with van der Waals surface area (Å²) >= 11 is 3.21. The van der Waals surface area contributed by atoms with E-state index in [-0.39, 0.29) is 17.5 Å². The first kappa shape index (κ1) is 15.7. The Labute approximate surface area is 120 Å². The molecule has 1 rings (SSSR count). The van der Waals surface area contributed by atoms with Crippen molar-refractivity contribution in [3.05, 3.63) is 28.2 Å². The average molecular weight is 329 g/mol. The number of carboxylic acid groups (broad SMARTS) is 1. The van der Waals surface area contributed by atoms with Crippen LogP contribution in [0.15, 0.2) is 22.7 Å². The Morgan fingerprint density at radius 3 is 2.68 bits per heavy atom. The molecule has 0 aromatic heterocycles. The number of carbonyl (C=O) groups is 2. The van der Waals surface area contributed by atoms with Gasteiger partial charge in [-0.25, -0.2) is 4.79 Å². The van der Waals surface area contributed by atoms with E-state index in [1.54, 1.807) is 12.1 Å². The highest BCUT2D eigenvalue weighted by molar-refractivity contribution is 9.10. The lowest BCUT2D eigenvalue weighted by molar-refractivity contribution is -0.116. The minimum atomic E-state index is -1.07. The van der Waals surface area contributed by atoms with E-state index in [0.29, 0.717) is 16.6 Å². The molecule has 0 radical (unpaired) electrons. The monoisotopic (exact) mass is 328 g/mol. The molecule has 0 saturated carbocycles. The van der Waals surface area contributed by atoms with Crippen LogP contribution in [0.1, 0.15) is 30.6 Å². The molecule has 6 heteroatoms. The van der Waals surface area contributed by atoms with E-state index in [0.717, 1.165) is 6.54 Å². The Morgan fingerprint density at radius 2 is 2.11 bits per heavy atom. The minimum Gasteiger partial charge on any atom is -0.478 e. The van der Waals surface area contributed by atoms with E-state index in [1.807, 2.05) is 13.8 Å². The van der Waals surface area contributed by atoms with Crippen molar-refractivity contribution in [3.8, 4) is 0 Å². The number of rotatable bonds is 6. The highest BCUT2D eigenvalue weighted by atomic mass is 79.9. The molecule has 1 atom stereocenters. The second-order valence-electron chi connectivity index (χ2n) is 4.21. The fourth-order valence-corrected chi connectivity index (χ4v) is 2.06. The van der Waals surface area contributed by atoms with Gasteiger partial charge in [0.2, 0.25) is 5.91 Å². The zero-order valence-corrected chi connectivity index (χ0v) is 12.5. The summed E-state index contributed by atoms with van der Waals surface area (Å²) in [6.45, 7) is 4.65. The summed E-state index contributed by atoms with van der Waals surface area (Å²) in [5.41, 5.74) is 0.378. The highest BCUT2D eigenvalue weighted by Gasteiger charge is 2.14. The maximum absolute atomic E-state index is 11.8. The van der Waals surface area contributed by atoms with Crippen molar-refractivity contribution < 1.29 is 14.7 Å². The molecule has 0 heterocycles. The van der Waals surface area contributed by atoms with E-state index < -0.39 is 5.97 Å². The number of aromatic carboxylic acids is 1. The van der Waals surface area contributed by atoms with Crippen molar-refractivity contribution in [2.75, 3.05) is 11.9 Å².